The molecule has 0 aliphatic heterocycles. The van der Waals surface area contributed by atoms with Gasteiger partial charge in [-0.2, -0.15) is 0 Å². The van der Waals surface area contributed by atoms with E-state index in [1.807, 2.05) is 37.3 Å². The Morgan fingerprint density at radius 1 is 1.37 bits per heavy atom. The molecule has 0 fully saturated rings. The maximum Gasteiger partial charge on any atom is 0.234 e. The predicted molar refractivity (Wildman–Crippen MR) is 73.7 cm³/mol. The standard InChI is InChI=1S/C14H22N2O3/c1-2-19-11-13(17)9-15-10-14(18)16-8-12-6-4-3-5-7-12/h3-7,13,15,17H,2,8-11H2,1H3,(H,16,18). The maximum atomic E-state index is 11.5. The summed E-state index contributed by atoms with van der Waals surface area (Å²) in [5.41, 5.74) is 1.06. The van der Waals surface area contributed by atoms with Crippen LogP contribution in [0.2, 0.25) is 0 Å². The van der Waals surface area contributed by atoms with Crippen LogP contribution in [0.25, 0.3) is 0 Å². The molecular formula is C14H22N2O3. The second-order valence-electron chi connectivity index (χ2n) is 4.21. The van der Waals surface area contributed by atoms with Gasteiger partial charge in [-0.1, -0.05) is 30.3 Å². The molecule has 0 aromatic heterocycles. The van der Waals surface area contributed by atoms with Crippen LogP contribution in [0.4, 0.5) is 0 Å². The van der Waals surface area contributed by atoms with Gasteiger partial charge in [-0.3, -0.25) is 4.79 Å². The Hall–Kier alpha value is -1.43. The quantitative estimate of drug-likeness (QED) is 0.601. The molecule has 1 aromatic rings. The zero-order chi connectivity index (χ0) is 13.9. The number of benzene rings is 1. The summed E-state index contributed by atoms with van der Waals surface area (Å²) in [5, 5.41) is 15.2. The van der Waals surface area contributed by atoms with E-state index in [9.17, 15) is 9.90 Å². The third kappa shape index (κ3) is 7.56. The summed E-state index contributed by atoms with van der Waals surface area (Å²) in [4.78, 5) is 11.5. The van der Waals surface area contributed by atoms with Gasteiger partial charge < -0.3 is 20.5 Å². The van der Waals surface area contributed by atoms with Crippen molar-refractivity contribution in [3.8, 4) is 0 Å². The highest BCUT2D eigenvalue weighted by Gasteiger charge is 2.05. The van der Waals surface area contributed by atoms with Crippen molar-refractivity contribution in [3.05, 3.63) is 35.9 Å². The molecule has 1 unspecified atom stereocenters. The molecule has 0 heterocycles. The number of aliphatic hydroxyl groups excluding tert-OH is 1. The molecule has 5 heteroatoms. The molecule has 1 atom stereocenters. The van der Waals surface area contributed by atoms with Gasteiger partial charge in [0, 0.05) is 19.7 Å². The Kier molecular flexibility index (Phi) is 7.81. The van der Waals surface area contributed by atoms with E-state index in [-0.39, 0.29) is 19.1 Å². The fraction of sp³-hybridized carbons (Fsp3) is 0.500. The van der Waals surface area contributed by atoms with Crippen LogP contribution in [0, 0.1) is 0 Å². The van der Waals surface area contributed by atoms with Crippen molar-refractivity contribution >= 4 is 5.91 Å². The summed E-state index contributed by atoms with van der Waals surface area (Å²) in [6, 6.07) is 9.72. The smallest absolute Gasteiger partial charge is 0.234 e. The van der Waals surface area contributed by atoms with Crippen molar-refractivity contribution in [2.24, 2.45) is 0 Å². The summed E-state index contributed by atoms with van der Waals surface area (Å²) in [6.45, 7) is 3.79. The molecule has 0 spiro atoms. The van der Waals surface area contributed by atoms with E-state index in [1.54, 1.807) is 0 Å². The third-order valence-electron chi connectivity index (χ3n) is 2.51. The van der Waals surface area contributed by atoms with Crippen LogP contribution in [0.15, 0.2) is 30.3 Å². The molecule has 1 aromatic carbocycles. The lowest BCUT2D eigenvalue weighted by atomic mass is 10.2. The third-order valence-corrected chi connectivity index (χ3v) is 2.51. The second kappa shape index (κ2) is 9.49. The van der Waals surface area contributed by atoms with Gasteiger partial charge in [-0.25, -0.2) is 0 Å². The average Bonchev–Trinajstić information content (AvgIpc) is 2.44. The number of aliphatic hydroxyl groups is 1. The Morgan fingerprint density at radius 3 is 2.79 bits per heavy atom. The molecule has 0 saturated carbocycles. The Balaban J connectivity index is 2.08. The number of nitrogens with one attached hydrogen (secondary N) is 2. The van der Waals surface area contributed by atoms with Gasteiger partial charge in [0.05, 0.1) is 19.3 Å². The van der Waals surface area contributed by atoms with E-state index >= 15 is 0 Å². The fourth-order valence-corrected chi connectivity index (χ4v) is 1.52. The largest absolute Gasteiger partial charge is 0.389 e. The van der Waals surface area contributed by atoms with Gasteiger partial charge in [-0.15, -0.1) is 0 Å². The Bertz CT molecular complexity index is 357. The molecule has 0 saturated heterocycles. The SMILES string of the molecule is CCOCC(O)CNCC(=O)NCc1ccccc1. The van der Waals surface area contributed by atoms with E-state index in [0.717, 1.165) is 5.56 Å². The molecule has 5 nitrogen and oxygen atoms in total. The van der Waals surface area contributed by atoms with Gasteiger partial charge in [0.2, 0.25) is 5.91 Å². The second-order valence-corrected chi connectivity index (χ2v) is 4.21. The van der Waals surface area contributed by atoms with E-state index in [2.05, 4.69) is 10.6 Å². The molecule has 19 heavy (non-hydrogen) atoms. The average molecular weight is 266 g/mol. The van der Waals surface area contributed by atoms with E-state index < -0.39 is 6.10 Å². The van der Waals surface area contributed by atoms with Crippen molar-refractivity contribution in [2.45, 2.75) is 19.6 Å². The van der Waals surface area contributed by atoms with Crippen LogP contribution in [0.1, 0.15) is 12.5 Å². The number of carbonyl (C=O) groups is 1. The minimum atomic E-state index is -0.582. The minimum Gasteiger partial charge on any atom is -0.389 e. The highest BCUT2D eigenvalue weighted by atomic mass is 16.5. The molecule has 0 aliphatic carbocycles. The number of amides is 1. The zero-order valence-electron chi connectivity index (χ0n) is 11.3. The van der Waals surface area contributed by atoms with Crippen LogP contribution in [-0.4, -0.2) is 43.4 Å². The number of carbonyl (C=O) groups excluding carboxylic acids is 1. The Morgan fingerprint density at radius 2 is 2.11 bits per heavy atom. The van der Waals surface area contributed by atoms with Crippen LogP contribution in [-0.2, 0) is 16.1 Å². The molecular weight excluding hydrogens is 244 g/mol. The first-order valence-electron chi connectivity index (χ1n) is 6.49. The minimum absolute atomic E-state index is 0.0903. The van der Waals surface area contributed by atoms with Crippen LogP contribution in [0.3, 0.4) is 0 Å². The summed E-state index contributed by atoms with van der Waals surface area (Å²) >= 11 is 0. The van der Waals surface area contributed by atoms with E-state index in [4.69, 9.17) is 4.74 Å². The number of ether oxygens (including phenoxy) is 1. The lowest BCUT2D eigenvalue weighted by Gasteiger charge is -2.11. The van der Waals surface area contributed by atoms with E-state index in [1.165, 1.54) is 0 Å². The fourth-order valence-electron chi connectivity index (χ4n) is 1.52. The van der Waals surface area contributed by atoms with Gasteiger partial charge in [0.1, 0.15) is 0 Å². The van der Waals surface area contributed by atoms with Crippen LogP contribution >= 0.6 is 0 Å². The molecule has 3 N–H and O–H groups in total. The lowest BCUT2D eigenvalue weighted by molar-refractivity contribution is -0.120. The topological polar surface area (TPSA) is 70.6 Å². The van der Waals surface area contributed by atoms with Gasteiger partial charge >= 0.3 is 0 Å². The first-order chi connectivity index (χ1) is 9.22. The monoisotopic (exact) mass is 266 g/mol. The molecule has 1 rings (SSSR count). The molecule has 0 bridgehead atoms. The van der Waals surface area contributed by atoms with Gasteiger partial charge in [-0.05, 0) is 12.5 Å². The van der Waals surface area contributed by atoms with Crippen molar-refractivity contribution in [1.29, 1.82) is 0 Å². The highest BCUT2D eigenvalue weighted by molar-refractivity contribution is 5.77. The van der Waals surface area contributed by atoms with Crippen molar-refractivity contribution < 1.29 is 14.6 Å². The van der Waals surface area contributed by atoms with E-state index in [0.29, 0.717) is 19.7 Å². The maximum absolute atomic E-state index is 11.5. The van der Waals surface area contributed by atoms with Crippen molar-refractivity contribution in [1.82, 2.24) is 10.6 Å². The molecule has 1 amide bonds. The van der Waals surface area contributed by atoms with Crippen LogP contribution < -0.4 is 10.6 Å². The summed E-state index contributed by atoms with van der Waals surface area (Å²) in [5.74, 6) is -0.0903. The summed E-state index contributed by atoms with van der Waals surface area (Å²) < 4.78 is 5.07. The normalized spacial score (nSPS) is 12.1. The Labute approximate surface area is 114 Å². The van der Waals surface area contributed by atoms with Crippen LogP contribution in [0.5, 0.6) is 0 Å². The summed E-state index contributed by atoms with van der Waals surface area (Å²) in [6.07, 6.45) is -0.582. The van der Waals surface area contributed by atoms with Gasteiger partial charge in [0.15, 0.2) is 0 Å². The van der Waals surface area contributed by atoms with Crippen molar-refractivity contribution in [2.75, 3.05) is 26.3 Å². The summed E-state index contributed by atoms with van der Waals surface area (Å²) in [7, 11) is 0. The number of hydrogen-bond acceptors (Lipinski definition) is 4. The molecule has 106 valence electrons. The first kappa shape index (κ1) is 15.6. The predicted octanol–water partition coefficient (Wildman–Crippen LogP) is 0.290. The highest BCUT2D eigenvalue weighted by Crippen LogP contribution is 1.96. The zero-order valence-corrected chi connectivity index (χ0v) is 11.3. The first-order valence-corrected chi connectivity index (χ1v) is 6.49. The lowest BCUT2D eigenvalue weighted by Crippen LogP contribution is -2.38. The number of rotatable bonds is 9. The molecule has 0 radical (unpaired) electrons. The van der Waals surface area contributed by atoms with Gasteiger partial charge in [0.25, 0.3) is 0 Å². The number of hydrogen-bond donors (Lipinski definition) is 3. The molecule has 0 aliphatic rings. The van der Waals surface area contributed by atoms with Crippen molar-refractivity contribution in [3.63, 3.8) is 0 Å².